The number of amides is 2. The van der Waals surface area contributed by atoms with Gasteiger partial charge in [0.05, 0.1) is 6.54 Å². The molecule has 146 valence electrons. The van der Waals surface area contributed by atoms with Crippen molar-refractivity contribution in [3.8, 4) is 0 Å². The van der Waals surface area contributed by atoms with Crippen molar-refractivity contribution in [1.29, 1.82) is 0 Å². The van der Waals surface area contributed by atoms with Crippen molar-refractivity contribution in [3.63, 3.8) is 0 Å². The summed E-state index contributed by atoms with van der Waals surface area (Å²) in [5.74, 6) is 0.0446. The first-order chi connectivity index (χ1) is 12.3. The lowest BCUT2D eigenvalue weighted by Crippen LogP contribution is -2.42. The number of nitrogens with zero attached hydrogens (tertiary/aromatic N) is 2. The first kappa shape index (κ1) is 20.9. The number of carbonyl (C=O) groups is 2. The van der Waals surface area contributed by atoms with Crippen molar-refractivity contribution >= 4 is 33.2 Å². The molecule has 7 nitrogen and oxygen atoms in total. The summed E-state index contributed by atoms with van der Waals surface area (Å²) in [4.78, 5) is 26.9. The zero-order chi connectivity index (χ0) is 19.3. The van der Waals surface area contributed by atoms with Gasteiger partial charge in [-0.3, -0.25) is 9.59 Å². The van der Waals surface area contributed by atoms with Gasteiger partial charge in [0.1, 0.15) is 4.21 Å². The third-order valence-corrected chi connectivity index (χ3v) is 7.86. The Bertz CT molecular complexity index is 735. The van der Waals surface area contributed by atoms with E-state index in [1.807, 2.05) is 11.8 Å². The number of carbonyl (C=O) groups excluding carboxylic acids is 2. The van der Waals surface area contributed by atoms with Crippen LogP contribution in [0.3, 0.4) is 0 Å². The lowest BCUT2D eigenvalue weighted by Gasteiger charge is -2.31. The molecule has 26 heavy (non-hydrogen) atoms. The minimum atomic E-state index is -3.43. The van der Waals surface area contributed by atoms with E-state index in [0.717, 1.165) is 11.3 Å². The number of sulfonamides is 1. The molecular formula is C17H27N3O4S2. The van der Waals surface area contributed by atoms with Crippen molar-refractivity contribution in [2.24, 2.45) is 5.92 Å². The Morgan fingerprint density at radius 2 is 1.92 bits per heavy atom. The third-order valence-electron chi connectivity index (χ3n) is 4.49. The quantitative estimate of drug-likeness (QED) is 0.753. The molecule has 0 bridgehead atoms. The average Bonchev–Trinajstić information content (AvgIpc) is 3.09. The van der Waals surface area contributed by atoms with Crippen molar-refractivity contribution < 1.29 is 18.0 Å². The summed E-state index contributed by atoms with van der Waals surface area (Å²) in [7, 11) is -0.444. The Labute approximate surface area is 159 Å². The zero-order valence-corrected chi connectivity index (χ0v) is 17.2. The Balaban J connectivity index is 1.83. The highest BCUT2D eigenvalue weighted by molar-refractivity contribution is 7.91. The Morgan fingerprint density at radius 1 is 1.27 bits per heavy atom. The maximum atomic E-state index is 12.3. The Hall–Kier alpha value is -1.45. The molecule has 1 saturated heterocycles. The van der Waals surface area contributed by atoms with Crippen LogP contribution in [0.2, 0.25) is 0 Å². The number of likely N-dealkylation sites (tertiary alicyclic amines) is 1. The number of hydrogen-bond donors (Lipinski definition) is 1. The van der Waals surface area contributed by atoms with E-state index >= 15 is 0 Å². The molecule has 0 saturated carbocycles. The third kappa shape index (κ3) is 5.05. The van der Waals surface area contributed by atoms with E-state index in [1.165, 1.54) is 29.7 Å². The molecule has 0 unspecified atom stereocenters. The van der Waals surface area contributed by atoms with Gasteiger partial charge in [0, 0.05) is 44.4 Å². The van der Waals surface area contributed by atoms with Crippen molar-refractivity contribution in [2.75, 3.05) is 27.2 Å². The van der Waals surface area contributed by atoms with Gasteiger partial charge in [0.25, 0.3) is 10.0 Å². The number of piperidine rings is 1. The summed E-state index contributed by atoms with van der Waals surface area (Å²) in [5, 5.41) is 2.89. The van der Waals surface area contributed by atoms with E-state index in [0.29, 0.717) is 38.9 Å². The van der Waals surface area contributed by atoms with Gasteiger partial charge in [-0.05, 0) is 31.4 Å². The molecule has 0 aromatic carbocycles. The summed E-state index contributed by atoms with van der Waals surface area (Å²) in [6.07, 6.45) is 2.75. The van der Waals surface area contributed by atoms with E-state index in [2.05, 4.69) is 5.32 Å². The van der Waals surface area contributed by atoms with E-state index < -0.39 is 10.0 Å². The van der Waals surface area contributed by atoms with Crippen LogP contribution in [0.4, 0.5) is 0 Å². The van der Waals surface area contributed by atoms with Crippen LogP contribution >= 0.6 is 11.3 Å². The molecule has 1 aliphatic rings. The van der Waals surface area contributed by atoms with Gasteiger partial charge in [-0.1, -0.05) is 6.92 Å². The predicted molar refractivity (Wildman–Crippen MR) is 101 cm³/mol. The Kier molecular flexibility index (Phi) is 7.19. The first-order valence-electron chi connectivity index (χ1n) is 8.82. The fraction of sp³-hybridized carbons (Fsp3) is 0.647. The highest BCUT2D eigenvalue weighted by atomic mass is 32.2. The normalized spacial score (nSPS) is 16.1. The standard InChI is InChI=1S/C17H27N3O4S2/c1-4-5-15(21)20-10-8-13(9-11-20)17(22)18-12-14-6-7-16(25-14)26(23,24)19(2)3/h6-7,13H,4-5,8-12H2,1-3H3,(H,18,22). The van der Waals surface area contributed by atoms with Gasteiger partial charge in [-0.15, -0.1) is 11.3 Å². The lowest BCUT2D eigenvalue weighted by molar-refractivity contribution is -0.135. The van der Waals surface area contributed by atoms with Gasteiger partial charge in [-0.25, -0.2) is 12.7 Å². The second-order valence-electron chi connectivity index (χ2n) is 6.63. The molecule has 1 aromatic heterocycles. The van der Waals surface area contributed by atoms with Crippen LogP contribution in [0, 0.1) is 5.92 Å². The molecule has 0 atom stereocenters. The van der Waals surface area contributed by atoms with Crippen molar-refractivity contribution in [2.45, 2.75) is 43.4 Å². The van der Waals surface area contributed by atoms with Crippen LogP contribution < -0.4 is 5.32 Å². The first-order valence-corrected chi connectivity index (χ1v) is 11.1. The van der Waals surface area contributed by atoms with Gasteiger partial charge in [0.2, 0.25) is 11.8 Å². The minimum absolute atomic E-state index is 0.0296. The second-order valence-corrected chi connectivity index (χ2v) is 10.2. The fourth-order valence-electron chi connectivity index (χ4n) is 2.85. The van der Waals surface area contributed by atoms with E-state index in [1.54, 1.807) is 12.1 Å². The van der Waals surface area contributed by atoms with E-state index in [4.69, 9.17) is 0 Å². The van der Waals surface area contributed by atoms with Gasteiger partial charge >= 0.3 is 0 Å². The van der Waals surface area contributed by atoms with Crippen molar-refractivity contribution in [1.82, 2.24) is 14.5 Å². The fourth-order valence-corrected chi connectivity index (χ4v) is 5.32. The number of hydrogen-bond acceptors (Lipinski definition) is 5. The maximum Gasteiger partial charge on any atom is 0.252 e. The van der Waals surface area contributed by atoms with Crippen molar-refractivity contribution in [3.05, 3.63) is 17.0 Å². The summed E-state index contributed by atoms with van der Waals surface area (Å²) in [5.41, 5.74) is 0. The molecular weight excluding hydrogens is 374 g/mol. The molecule has 9 heteroatoms. The zero-order valence-electron chi connectivity index (χ0n) is 15.5. The molecule has 1 aromatic rings. The number of rotatable bonds is 7. The molecule has 2 rings (SSSR count). The minimum Gasteiger partial charge on any atom is -0.351 e. The second kappa shape index (κ2) is 8.96. The highest BCUT2D eigenvalue weighted by Crippen LogP contribution is 2.24. The summed E-state index contributed by atoms with van der Waals surface area (Å²) >= 11 is 1.17. The SMILES string of the molecule is CCCC(=O)N1CCC(C(=O)NCc2ccc(S(=O)(=O)N(C)C)s2)CC1. The van der Waals surface area contributed by atoms with Gasteiger partial charge in [0.15, 0.2) is 0 Å². The maximum absolute atomic E-state index is 12.3. The van der Waals surface area contributed by atoms with Crippen LogP contribution in [0.15, 0.2) is 16.3 Å². The Morgan fingerprint density at radius 3 is 2.50 bits per heavy atom. The molecule has 2 heterocycles. The number of nitrogens with one attached hydrogen (secondary N) is 1. The van der Waals surface area contributed by atoms with Gasteiger partial charge < -0.3 is 10.2 Å². The summed E-state index contributed by atoms with van der Waals surface area (Å²) in [6.45, 7) is 3.56. The molecule has 1 aliphatic heterocycles. The highest BCUT2D eigenvalue weighted by Gasteiger charge is 2.27. The topological polar surface area (TPSA) is 86.8 Å². The van der Waals surface area contributed by atoms with Crippen LogP contribution in [-0.4, -0.2) is 56.6 Å². The van der Waals surface area contributed by atoms with E-state index in [-0.39, 0.29) is 21.9 Å². The van der Waals surface area contributed by atoms with Crippen LogP contribution in [-0.2, 0) is 26.2 Å². The smallest absolute Gasteiger partial charge is 0.252 e. The number of thiophene rings is 1. The molecule has 0 radical (unpaired) electrons. The largest absolute Gasteiger partial charge is 0.351 e. The predicted octanol–water partition coefficient (Wildman–Crippen LogP) is 1.65. The molecule has 0 aliphatic carbocycles. The summed E-state index contributed by atoms with van der Waals surface area (Å²) in [6, 6.07) is 3.30. The molecule has 2 amide bonds. The van der Waals surface area contributed by atoms with Crippen LogP contribution in [0.1, 0.15) is 37.5 Å². The lowest BCUT2D eigenvalue weighted by atomic mass is 9.95. The summed E-state index contributed by atoms with van der Waals surface area (Å²) < 4.78 is 25.6. The van der Waals surface area contributed by atoms with Crippen LogP contribution in [0.25, 0.3) is 0 Å². The molecule has 0 spiro atoms. The average molecular weight is 402 g/mol. The van der Waals surface area contributed by atoms with E-state index in [9.17, 15) is 18.0 Å². The molecule has 1 fully saturated rings. The monoisotopic (exact) mass is 401 g/mol. The molecule has 1 N–H and O–H groups in total. The van der Waals surface area contributed by atoms with Gasteiger partial charge in [-0.2, -0.15) is 0 Å². The van der Waals surface area contributed by atoms with Crippen LogP contribution in [0.5, 0.6) is 0 Å².